The maximum Gasteiger partial charge on any atom is 0.124 e. The summed E-state index contributed by atoms with van der Waals surface area (Å²) in [5, 5.41) is 8.66. The van der Waals surface area contributed by atoms with E-state index in [1.54, 1.807) is 0 Å². The Morgan fingerprint density at radius 2 is 1.95 bits per heavy atom. The SMILES string of the molecule is CN(Cc1cc(F)cc(C#CCO)c1)CC(C)(C)C. The Balaban J connectivity index is 2.81. The van der Waals surface area contributed by atoms with Crippen molar-refractivity contribution in [1.29, 1.82) is 0 Å². The summed E-state index contributed by atoms with van der Waals surface area (Å²) in [6.07, 6.45) is 0. The number of hydrogen-bond acceptors (Lipinski definition) is 2. The van der Waals surface area contributed by atoms with Crippen LogP contribution in [0.1, 0.15) is 31.9 Å². The summed E-state index contributed by atoms with van der Waals surface area (Å²) in [5.74, 6) is 4.99. The van der Waals surface area contributed by atoms with Crippen LogP contribution in [-0.4, -0.2) is 30.2 Å². The van der Waals surface area contributed by atoms with Gasteiger partial charge < -0.3 is 10.0 Å². The highest BCUT2D eigenvalue weighted by atomic mass is 19.1. The highest BCUT2D eigenvalue weighted by Gasteiger charge is 2.13. The van der Waals surface area contributed by atoms with Crippen LogP contribution in [0.25, 0.3) is 0 Å². The van der Waals surface area contributed by atoms with Gasteiger partial charge in [-0.25, -0.2) is 4.39 Å². The average Bonchev–Trinajstić information content (AvgIpc) is 2.22. The maximum atomic E-state index is 13.5. The normalized spacial score (nSPS) is 11.3. The van der Waals surface area contributed by atoms with E-state index in [2.05, 4.69) is 37.5 Å². The molecule has 1 aromatic rings. The van der Waals surface area contributed by atoms with Crippen molar-refractivity contribution in [2.45, 2.75) is 27.3 Å². The third-order valence-electron chi connectivity index (χ3n) is 2.47. The monoisotopic (exact) mass is 263 g/mol. The van der Waals surface area contributed by atoms with E-state index >= 15 is 0 Å². The lowest BCUT2D eigenvalue weighted by atomic mass is 9.96. The molecule has 0 fully saturated rings. The fourth-order valence-corrected chi connectivity index (χ4v) is 2.13. The predicted octanol–water partition coefficient (Wildman–Crippen LogP) is 2.65. The van der Waals surface area contributed by atoms with Gasteiger partial charge in [0.1, 0.15) is 12.4 Å². The van der Waals surface area contributed by atoms with Gasteiger partial charge in [0.05, 0.1) is 0 Å². The van der Waals surface area contributed by atoms with Gasteiger partial charge in [0.15, 0.2) is 0 Å². The number of benzene rings is 1. The third kappa shape index (κ3) is 6.37. The Labute approximate surface area is 115 Å². The minimum Gasteiger partial charge on any atom is -0.384 e. The third-order valence-corrected chi connectivity index (χ3v) is 2.47. The molecule has 1 aromatic carbocycles. The minimum atomic E-state index is -0.288. The Kier molecular flexibility index (Phi) is 5.53. The first-order valence-electron chi connectivity index (χ1n) is 6.38. The first-order valence-corrected chi connectivity index (χ1v) is 6.38. The zero-order chi connectivity index (χ0) is 14.5. The molecule has 0 heterocycles. The summed E-state index contributed by atoms with van der Waals surface area (Å²) in [6, 6.07) is 4.78. The van der Waals surface area contributed by atoms with E-state index in [0.717, 1.165) is 12.1 Å². The first-order chi connectivity index (χ1) is 8.80. The van der Waals surface area contributed by atoms with Crippen LogP contribution in [0, 0.1) is 23.1 Å². The van der Waals surface area contributed by atoms with Crippen molar-refractivity contribution in [2.24, 2.45) is 5.41 Å². The lowest BCUT2D eigenvalue weighted by Crippen LogP contribution is -2.28. The van der Waals surface area contributed by atoms with E-state index in [0.29, 0.717) is 12.1 Å². The molecule has 0 unspecified atom stereocenters. The van der Waals surface area contributed by atoms with Crippen LogP contribution < -0.4 is 0 Å². The highest BCUT2D eigenvalue weighted by molar-refractivity contribution is 5.37. The van der Waals surface area contributed by atoms with Crippen molar-refractivity contribution >= 4 is 0 Å². The van der Waals surface area contributed by atoms with Crippen molar-refractivity contribution in [3.8, 4) is 11.8 Å². The molecule has 0 saturated carbocycles. The molecule has 0 aliphatic carbocycles. The molecule has 0 aliphatic heterocycles. The fraction of sp³-hybridized carbons (Fsp3) is 0.500. The number of aliphatic hydroxyl groups excluding tert-OH is 1. The molecule has 104 valence electrons. The van der Waals surface area contributed by atoms with E-state index in [-0.39, 0.29) is 17.8 Å². The maximum absolute atomic E-state index is 13.5. The van der Waals surface area contributed by atoms with Gasteiger partial charge in [-0.1, -0.05) is 32.6 Å². The van der Waals surface area contributed by atoms with Gasteiger partial charge in [-0.2, -0.15) is 0 Å². The zero-order valence-corrected chi connectivity index (χ0v) is 12.1. The van der Waals surface area contributed by atoms with Gasteiger partial charge in [0.25, 0.3) is 0 Å². The molecular weight excluding hydrogens is 241 g/mol. The first kappa shape index (κ1) is 15.7. The highest BCUT2D eigenvalue weighted by Crippen LogP contribution is 2.17. The van der Waals surface area contributed by atoms with Crippen LogP contribution in [0.4, 0.5) is 4.39 Å². The second-order valence-corrected chi connectivity index (χ2v) is 6.04. The Morgan fingerprint density at radius 1 is 1.26 bits per heavy atom. The molecule has 0 spiro atoms. The molecule has 0 aromatic heterocycles. The standard InChI is InChI=1S/C16H22FNO/c1-16(2,3)12-18(4)11-14-8-13(6-5-7-19)9-15(17)10-14/h8-10,19H,7,11-12H2,1-4H3. The van der Waals surface area contributed by atoms with E-state index < -0.39 is 0 Å². The van der Waals surface area contributed by atoms with Crippen LogP contribution in [0.3, 0.4) is 0 Å². The summed E-state index contributed by atoms with van der Waals surface area (Å²) in [6.45, 7) is 7.92. The Hall–Kier alpha value is -1.37. The summed E-state index contributed by atoms with van der Waals surface area (Å²) in [4.78, 5) is 2.16. The van der Waals surface area contributed by atoms with Gasteiger partial charge in [0, 0.05) is 18.7 Å². The van der Waals surface area contributed by atoms with Crippen LogP contribution in [-0.2, 0) is 6.54 Å². The zero-order valence-electron chi connectivity index (χ0n) is 12.1. The van der Waals surface area contributed by atoms with Gasteiger partial charge in [0.2, 0.25) is 0 Å². The summed E-state index contributed by atoms with van der Waals surface area (Å²) in [7, 11) is 2.02. The molecule has 0 radical (unpaired) electrons. The Bertz CT molecular complexity index is 480. The van der Waals surface area contributed by atoms with E-state index in [9.17, 15) is 4.39 Å². The van der Waals surface area contributed by atoms with Crippen molar-refractivity contribution in [2.75, 3.05) is 20.2 Å². The quantitative estimate of drug-likeness (QED) is 0.847. The fourth-order valence-electron chi connectivity index (χ4n) is 2.13. The van der Waals surface area contributed by atoms with Crippen molar-refractivity contribution in [3.05, 3.63) is 35.1 Å². The Morgan fingerprint density at radius 3 is 2.53 bits per heavy atom. The van der Waals surface area contributed by atoms with Crippen LogP contribution in [0.2, 0.25) is 0 Å². The second-order valence-electron chi connectivity index (χ2n) is 6.04. The largest absolute Gasteiger partial charge is 0.384 e. The topological polar surface area (TPSA) is 23.5 Å². The number of aliphatic hydroxyl groups is 1. The van der Waals surface area contributed by atoms with Crippen LogP contribution in [0.5, 0.6) is 0 Å². The van der Waals surface area contributed by atoms with E-state index in [1.165, 1.54) is 12.1 Å². The predicted molar refractivity (Wildman–Crippen MR) is 76.2 cm³/mol. The smallest absolute Gasteiger partial charge is 0.124 e. The lowest BCUT2D eigenvalue weighted by molar-refractivity contribution is 0.220. The summed E-state index contributed by atoms with van der Waals surface area (Å²) in [5.41, 5.74) is 1.71. The summed E-state index contributed by atoms with van der Waals surface area (Å²) < 4.78 is 13.5. The molecule has 3 heteroatoms. The van der Waals surface area contributed by atoms with E-state index in [4.69, 9.17) is 5.11 Å². The molecule has 19 heavy (non-hydrogen) atoms. The molecule has 2 nitrogen and oxygen atoms in total. The molecule has 0 amide bonds. The molecular formula is C16H22FNO. The van der Waals surface area contributed by atoms with Gasteiger partial charge in [-0.05, 0) is 36.2 Å². The number of halogens is 1. The van der Waals surface area contributed by atoms with Crippen LogP contribution >= 0.6 is 0 Å². The average molecular weight is 263 g/mol. The lowest BCUT2D eigenvalue weighted by Gasteiger charge is -2.26. The van der Waals surface area contributed by atoms with Gasteiger partial charge in [-0.3, -0.25) is 0 Å². The summed E-state index contributed by atoms with van der Waals surface area (Å²) >= 11 is 0. The number of nitrogens with zero attached hydrogens (tertiary/aromatic N) is 1. The van der Waals surface area contributed by atoms with E-state index in [1.807, 2.05) is 13.1 Å². The van der Waals surface area contributed by atoms with Crippen molar-refractivity contribution in [1.82, 2.24) is 4.90 Å². The molecule has 0 bridgehead atoms. The number of hydrogen-bond donors (Lipinski definition) is 1. The molecule has 0 aliphatic rings. The van der Waals surface area contributed by atoms with Crippen LogP contribution in [0.15, 0.2) is 18.2 Å². The number of rotatable bonds is 3. The molecule has 1 N–H and O–H groups in total. The van der Waals surface area contributed by atoms with Crippen molar-refractivity contribution < 1.29 is 9.50 Å². The molecule has 1 rings (SSSR count). The molecule has 0 saturated heterocycles. The minimum absolute atomic E-state index is 0.210. The van der Waals surface area contributed by atoms with Gasteiger partial charge in [-0.15, -0.1) is 0 Å². The molecule has 0 atom stereocenters. The van der Waals surface area contributed by atoms with Gasteiger partial charge >= 0.3 is 0 Å². The van der Waals surface area contributed by atoms with Crippen molar-refractivity contribution in [3.63, 3.8) is 0 Å². The second kappa shape index (κ2) is 6.70.